The maximum absolute atomic E-state index is 13.8. The summed E-state index contributed by atoms with van der Waals surface area (Å²) in [5.74, 6) is -0.549. The zero-order valence-electron chi connectivity index (χ0n) is 13.5. The van der Waals surface area contributed by atoms with Crippen molar-refractivity contribution in [3.8, 4) is 0 Å². The highest BCUT2D eigenvalue weighted by molar-refractivity contribution is 5.80. The van der Waals surface area contributed by atoms with Gasteiger partial charge in [-0.2, -0.15) is 0 Å². The summed E-state index contributed by atoms with van der Waals surface area (Å²) in [5, 5.41) is 6.32. The van der Waals surface area contributed by atoms with E-state index in [1.165, 1.54) is 17.7 Å². The predicted molar refractivity (Wildman–Crippen MR) is 87.4 cm³/mol. The molecule has 2 rings (SSSR count). The van der Waals surface area contributed by atoms with Gasteiger partial charge in [0.25, 0.3) is 0 Å². The zero-order valence-corrected chi connectivity index (χ0v) is 13.5. The Bertz CT molecular complexity index is 587. The van der Waals surface area contributed by atoms with Crippen LogP contribution in [0.25, 0.3) is 0 Å². The Balaban J connectivity index is 1.85. The third-order valence-electron chi connectivity index (χ3n) is 3.80. The second kappa shape index (κ2) is 8.62. The maximum Gasteiger partial charge on any atom is 0.191 e. The van der Waals surface area contributed by atoms with Crippen molar-refractivity contribution in [3.63, 3.8) is 0 Å². The van der Waals surface area contributed by atoms with Crippen molar-refractivity contribution in [2.24, 2.45) is 4.99 Å². The zero-order chi connectivity index (χ0) is 16.7. The number of aliphatic imine (C=N–C) groups is 1. The predicted octanol–water partition coefficient (Wildman–Crippen LogP) is 2.93. The largest absolute Gasteiger partial charge is 0.377 e. The van der Waals surface area contributed by atoms with Crippen LogP contribution in [-0.2, 0) is 4.74 Å². The van der Waals surface area contributed by atoms with Gasteiger partial charge in [-0.3, -0.25) is 4.99 Å². The molecule has 23 heavy (non-hydrogen) atoms. The lowest BCUT2D eigenvalue weighted by molar-refractivity contribution is 0.153. The minimum absolute atomic E-state index is 0.316. The molecule has 1 unspecified atom stereocenters. The normalized spacial score (nSPS) is 16.7. The van der Waals surface area contributed by atoms with Crippen molar-refractivity contribution in [1.29, 1.82) is 0 Å². The molecule has 0 aromatic heterocycles. The van der Waals surface area contributed by atoms with E-state index >= 15 is 0 Å². The fourth-order valence-corrected chi connectivity index (χ4v) is 2.46. The van der Waals surface area contributed by atoms with E-state index in [1.54, 1.807) is 7.05 Å². The van der Waals surface area contributed by atoms with Crippen molar-refractivity contribution < 1.29 is 13.5 Å². The number of halogens is 2. The van der Waals surface area contributed by atoms with Gasteiger partial charge < -0.3 is 15.4 Å². The Morgan fingerprint density at radius 2 is 2.22 bits per heavy atom. The van der Waals surface area contributed by atoms with Crippen LogP contribution in [0, 0.1) is 11.6 Å². The third-order valence-corrected chi connectivity index (χ3v) is 3.80. The van der Waals surface area contributed by atoms with Crippen LogP contribution in [0.3, 0.4) is 0 Å². The van der Waals surface area contributed by atoms with Crippen molar-refractivity contribution in [3.05, 3.63) is 47.0 Å². The van der Waals surface area contributed by atoms with Crippen LogP contribution >= 0.6 is 0 Å². The number of hydrogen-bond donors (Lipinski definition) is 2. The van der Waals surface area contributed by atoms with E-state index in [0.29, 0.717) is 18.1 Å². The molecule has 1 aliphatic heterocycles. The minimum atomic E-state index is -0.578. The summed E-state index contributed by atoms with van der Waals surface area (Å²) in [6.45, 7) is 4.01. The van der Waals surface area contributed by atoms with Crippen LogP contribution < -0.4 is 10.6 Å². The van der Waals surface area contributed by atoms with Gasteiger partial charge in [0, 0.05) is 25.2 Å². The molecule has 0 fully saturated rings. The number of hydrogen-bond acceptors (Lipinski definition) is 2. The SMILES string of the molecule is CN=C(NCCC1=CCOCC1)NC(C)c1ccc(F)cc1F. The van der Waals surface area contributed by atoms with Gasteiger partial charge in [-0.25, -0.2) is 8.78 Å². The standard InChI is InChI=1S/C17H23F2N3O/c1-12(15-4-3-14(18)11-16(15)19)22-17(20-2)21-8-5-13-6-9-23-10-7-13/h3-4,6,11-12H,5,7-10H2,1-2H3,(H2,20,21,22). The number of nitrogens with zero attached hydrogens (tertiary/aromatic N) is 1. The number of nitrogens with one attached hydrogen (secondary N) is 2. The topological polar surface area (TPSA) is 45.7 Å². The second-order valence-electron chi connectivity index (χ2n) is 5.47. The smallest absolute Gasteiger partial charge is 0.191 e. The van der Waals surface area contributed by atoms with Crippen molar-refractivity contribution >= 4 is 5.96 Å². The van der Waals surface area contributed by atoms with Crippen molar-refractivity contribution in [1.82, 2.24) is 10.6 Å². The summed E-state index contributed by atoms with van der Waals surface area (Å²) in [5.41, 5.74) is 1.78. The lowest BCUT2D eigenvalue weighted by Crippen LogP contribution is -2.39. The number of ether oxygens (including phenoxy) is 1. The molecule has 2 N–H and O–H groups in total. The van der Waals surface area contributed by atoms with Crippen LogP contribution in [0.5, 0.6) is 0 Å². The lowest BCUT2D eigenvalue weighted by atomic mass is 10.1. The summed E-state index contributed by atoms with van der Waals surface area (Å²) >= 11 is 0. The molecule has 0 aliphatic carbocycles. The van der Waals surface area contributed by atoms with Crippen LogP contribution in [0.1, 0.15) is 31.4 Å². The lowest BCUT2D eigenvalue weighted by Gasteiger charge is -2.19. The number of benzene rings is 1. The van der Waals surface area contributed by atoms with E-state index in [-0.39, 0.29) is 6.04 Å². The molecule has 0 bridgehead atoms. The molecule has 126 valence electrons. The second-order valence-corrected chi connectivity index (χ2v) is 5.47. The van der Waals surface area contributed by atoms with E-state index in [2.05, 4.69) is 21.7 Å². The number of rotatable bonds is 5. The molecule has 0 saturated carbocycles. The molecule has 1 aliphatic rings. The first-order valence-corrected chi connectivity index (χ1v) is 7.78. The van der Waals surface area contributed by atoms with Crippen LogP contribution in [-0.4, -0.2) is 32.8 Å². The van der Waals surface area contributed by atoms with Crippen LogP contribution in [0.4, 0.5) is 8.78 Å². The van der Waals surface area contributed by atoms with Gasteiger partial charge in [-0.05, 0) is 25.8 Å². The average Bonchev–Trinajstić information content (AvgIpc) is 2.54. The first kappa shape index (κ1) is 17.4. The van der Waals surface area contributed by atoms with E-state index in [1.807, 2.05) is 6.92 Å². The minimum Gasteiger partial charge on any atom is -0.377 e. The van der Waals surface area contributed by atoms with E-state index in [9.17, 15) is 8.78 Å². The van der Waals surface area contributed by atoms with Gasteiger partial charge >= 0.3 is 0 Å². The fourth-order valence-electron chi connectivity index (χ4n) is 2.46. The third kappa shape index (κ3) is 5.32. The van der Waals surface area contributed by atoms with Crippen molar-refractivity contribution in [2.45, 2.75) is 25.8 Å². The molecular formula is C17H23F2N3O. The fraction of sp³-hybridized carbons (Fsp3) is 0.471. The van der Waals surface area contributed by atoms with E-state index in [4.69, 9.17) is 4.74 Å². The van der Waals surface area contributed by atoms with E-state index < -0.39 is 11.6 Å². The van der Waals surface area contributed by atoms with Gasteiger partial charge in [0.1, 0.15) is 11.6 Å². The highest BCUT2D eigenvalue weighted by Gasteiger charge is 2.13. The summed E-state index contributed by atoms with van der Waals surface area (Å²) < 4.78 is 32.0. The van der Waals surface area contributed by atoms with Crippen LogP contribution in [0.15, 0.2) is 34.8 Å². The monoisotopic (exact) mass is 323 g/mol. The molecule has 1 aromatic carbocycles. The summed E-state index contributed by atoms with van der Waals surface area (Å²) in [6.07, 6.45) is 3.99. The maximum atomic E-state index is 13.8. The highest BCUT2D eigenvalue weighted by Crippen LogP contribution is 2.17. The van der Waals surface area contributed by atoms with Crippen LogP contribution in [0.2, 0.25) is 0 Å². The molecule has 0 amide bonds. The molecule has 0 radical (unpaired) electrons. The quantitative estimate of drug-likeness (QED) is 0.497. The van der Waals surface area contributed by atoms with E-state index in [0.717, 1.165) is 32.1 Å². The Labute approximate surface area is 135 Å². The Morgan fingerprint density at radius 3 is 2.87 bits per heavy atom. The Morgan fingerprint density at radius 1 is 1.39 bits per heavy atom. The highest BCUT2D eigenvalue weighted by atomic mass is 19.1. The number of guanidine groups is 1. The first-order chi connectivity index (χ1) is 11.1. The molecule has 0 saturated heterocycles. The summed E-state index contributed by atoms with van der Waals surface area (Å²) in [7, 11) is 1.66. The van der Waals surface area contributed by atoms with Gasteiger partial charge in [0.15, 0.2) is 5.96 Å². The molecule has 4 nitrogen and oxygen atoms in total. The van der Waals surface area contributed by atoms with Crippen molar-refractivity contribution in [2.75, 3.05) is 26.8 Å². The Hall–Kier alpha value is -1.95. The molecule has 1 heterocycles. The van der Waals surface area contributed by atoms with Gasteiger partial charge in [0.05, 0.1) is 19.3 Å². The molecule has 1 aromatic rings. The molecule has 0 spiro atoms. The first-order valence-electron chi connectivity index (χ1n) is 7.78. The molecule has 1 atom stereocenters. The van der Waals surface area contributed by atoms with Gasteiger partial charge in [-0.15, -0.1) is 0 Å². The Kier molecular flexibility index (Phi) is 6.52. The summed E-state index contributed by atoms with van der Waals surface area (Å²) in [4.78, 5) is 4.14. The average molecular weight is 323 g/mol. The summed E-state index contributed by atoms with van der Waals surface area (Å²) in [6, 6.07) is 3.28. The molecule has 6 heteroatoms. The molecular weight excluding hydrogens is 300 g/mol. The van der Waals surface area contributed by atoms with Gasteiger partial charge in [0.2, 0.25) is 0 Å². The van der Waals surface area contributed by atoms with Gasteiger partial charge in [-0.1, -0.05) is 17.7 Å².